The summed E-state index contributed by atoms with van der Waals surface area (Å²) in [6, 6.07) is 16.2. The first kappa shape index (κ1) is 16.2. The fraction of sp³-hybridized carbons (Fsp3) is 0.400. The molecule has 3 heteroatoms. The SMILES string of the molecule is CC1CC(C)(C)N(CCOc2ccccc2)c2cc(Cl)ccc21. The molecule has 0 radical (unpaired) electrons. The molecule has 0 aromatic heterocycles. The number of nitrogens with zero attached hydrogens (tertiary/aromatic N) is 1. The summed E-state index contributed by atoms with van der Waals surface area (Å²) in [4.78, 5) is 2.44. The second kappa shape index (κ2) is 6.45. The van der Waals surface area contributed by atoms with E-state index in [-0.39, 0.29) is 5.54 Å². The molecule has 3 rings (SSSR count). The second-order valence-corrected chi connectivity index (χ2v) is 7.37. The fourth-order valence-electron chi connectivity index (χ4n) is 3.66. The van der Waals surface area contributed by atoms with Crippen molar-refractivity contribution >= 4 is 17.3 Å². The van der Waals surface area contributed by atoms with Crippen molar-refractivity contribution in [2.24, 2.45) is 0 Å². The summed E-state index contributed by atoms with van der Waals surface area (Å²) in [5.74, 6) is 1.46. The predicted octanol–water partition coefficient (Wildman–Crippen LogP) is 5.51. The number of anilines is 1. The normalized spacial score (nSPS) is 19.3. The summed E-state index contributed by atoms with van der Waals surface area (Å²) in [6.07, 6.45) is 1.13. The number of rotatable bonds is 4. The Bertz CT molecular complexity index is 669. The van der Waals surface area contributed by atoms with E-state index in [2.05, 4.69) is 37.8 Å². The lowest BCUT2D eigenvalue weighted by Gasteiger charge is -2.47. The van der Waals surface area contributed by atoms with Crippen LogP contribution in [0, 0.1) is 0 Å². The van der Waals surface area contributed by atoms with Crippen LogP contribution in [0.3, 0.4) is 0 Å². The Morgan fingerprint density at radius 2 is 1.91 bits per heavy atom. The molecule has 0 saturated heterocycles. The molecule has 0 bridgehead atoms. The third kappa shape index (κ3) is 3.48. The van der Waals surface area contributed by atoms with E-state index in [4.69, 9.17) is 16.3 Å². The van der Waals surface area contributed by atoms with Crippen molar-refractivity contribution in [3.8, 4) is 5.75 Å². The molecule has 122 valence electrons. The molecule has 2 aromatic carbocycles. The van der Waals surface area contributed by atoms with E-state index >= 15 is 0 Å². The van der Waals surface area contributed by atoms with Crippen molar-refractivity contribution in [3.63, 3.8) is 0 Å². The van der Waals surface area contributed by atoms with Gasteiger partial charge in [0.2, 0.25) is 0 Å². The van der Waals surface area contributed by atoms with E-state index in [1.165, 1.54) is 11.3 Å². The summed E-state index contributed by atoms with van der Waals surface area (Å²) in [6.45, 7) is 8.41. The zero-order valence-corrected chi connectivity index (χ0v) is 14.8. The van der Waals surface area contributed by atoms with Gasteiger partial charge in [-0.1, -0.05) is 42.8 Å². The molecule has 1 aliphatic rings. The summed E-state index contributed by atoms with van der Waals surface area (Å²) in [7, 11) is 0. The smallest absolute Gasteiger partial charge is 0.119 e. The Kier molecular flexibility index (Phi) is 4.54. The largest absolute Gasteiger partial charge is 0.492 e. The molecule has 0 amide bonds. The molecule has 1 heterocycles. The van der Waals surface area contributed by atoms with Crippen molar-refractivity contribution in [1.29, 1.82) is 0 Å². The molecular weight excluding hydrogens is 306 g/mol. The van der Waals surface area contributed by atoms with Gasteiger partial charge in [0.1, 0.15) is 12.4 Å². The third-order valence-electron chi connectivity index (χ3n) is 4.68. The lowest BCUT2D eigenvalue weighted by atomic mass is 9.80. The lowest BCUT2D eigenvalue weighted by Crippen LogP contribution is -2.50. The molecule has 2 aromatic rings. The molecule has 1 aliphatic heterocycles. The molecule has 0 fully saturated rings. The highest BCUT2D eigenvalue weighted by atomic mass is 35.5. The Balaban J connectivity index is 1.79. The standard InChI is InChI=1S/C20H24ClNO/c1-15-14-20(2,3)22(19-13-16(21)9-10-18(15)19)11-12-23-17-7-5-4-6-8-17/h4-10,13,15H,11-12,14H2,1-3H3. The minimum Gasteiger partial charge on any atom is -0.492 e. The number of para-hydroxylation sites is 1. The Morgan fingerprint density at radius 3 is 2.65 bits per heavy atom. The molecular formula is C20H24ClNO. The number of ether oxygens (including phenoxy) is 1. The molecule has 2 nitrogen and oxygen atoms in total. The summed E-state index contributed by atoms with van der Waals surface area (Å²) < 4.78 is 5.90. The van der Waals surface area contributed by atoms with Crippen LogP contribution in [0.4, 0.5) is 5.69 Å². The van der Waals surface area contributed by atoms with Gasteiger partial charge in [-0.3, -0.25) is 0 Å². The van der Waals surface area contributed by atoms with Crippen LogP contribution in [0.25, 0.3) is 0 Å². The zero-order chi connectivity index (χ0) is 16.4. The minimum absolute atomic E-state index is 0.0944. The van der Waals surface area contributed by atoms with Gasteiger partial charge in [0, 0.05) is 16.2 Å². The van der Waals surface area contributed by atoms with Crippen LogP contribution in [0.2, 0.25) is 5.02 Å². The summed E-state index contributed by atoms with van der Waals surface area (Å²) in [5, 5.41) is 0.794. The average Bonchev–Trinajstić information content (AvgIpc) is 2.50. The van der Waals surface area contributed by atoms with Gasteiger partial charge in [-0.15, -0.1) is 0 Å². The van der Waals surface area contributed by atoms with E-state index < -0.39 is 0 Å². The third-order valence-corrected chi connectivity index (χ3v) is 4.91. The van der Waals surface area contributed by atoms with Gasteiger partial charge in [0.05, 0.1) is 6.54 Å². The van der Waals surface area contributed by atoms with Crippen LogP contribution in [-0.2, 0) is 0 Å². The topological polar surface area (TPSA) is 12.5 Å². The number of halogens is 1. The van der Waals surface area contributed by atoms with E-state index in [1.54, 1.807) is 0 Å². The van der Waals surface area contributed by atoms with Crippen LogP contribution in [0.5, 0.6) is 5.75 Å². The van der Waals surface area contributed by atoms with E-state index in [9.17, 15) is 0 Å². The monoisotopic (exact) mass is 329 g/mol. The Hall–Kier alpha value is -1.67. The van der Waals surface area contributed by atoms with Crippen LogP contribution >= 0.6 is 11.6 Å². The average molecular weight is 330 g/mol. The van der Waals surface area contributed by atoms with Gasteiger partial charge in [0.15, 0.2) is 0 Å². The first-order valence-electron chi connectivity index (χ1n) is 8.22. The summed E-state index contributed by atoms with van der Waals surface area (Å²) in [5.41, 5.74) is 2.73. The van der Waals surface area contributed by atoms with Crippen molar-refractivity contribution < 1.29 is 4.74 Å². The zero-order valence-electron chi connectivity index (χ0n) is 14.1. The number of benzene rings is 2. The van der Waals surface area contributed by atoms with Gasteiger partial charge in [-0.2, -0.15) is 0 Å². The molecule has 0 N–H and O–H groups in total. The second-order valence-electron chi connectivity index (χ2n) is 6.93. The van der Waals surface area contributed by atoms with Gasteiger partial charge in [-0.05, 0) is 56.0 Å². The molecule has 1 unspecified atom stereocenters. The maximum Gasteiger partial charge on any atom is 0.119 e. The first-order valence-corrected chi connectivity index (χ1v) is 8.60. The van der Waals surface area contributed by atoms with E-state index in [0.29, 0.717) is 12.5 Å². The predicted molar refractivity (Wildman–Crippen MR) is 97.8 cm³/mol. The maximum absolute atomic E-state index is 6.25. The molecule has 23 heavy (non-hydrogen) atoms. The minimum atomic E-state index is 0.0944. The van der Waals surface area contributed by atoms with Crippen molar-refractivity contribution in [3.05, 3.63) is 59.1 Å². The lowest BCUT2D eigenvalue weighted by molar-refractivity contribution is 0.294. The van der Waals surface area contributed by atoms with Gasteiger partial charge < -0.3 is 9.64 Å². The maximum atomic E-state index is 6.25. The fourth-order valence-corrected chi connectivity index (χ4v) is 3.82. The molecule has 0 saturated carbocycles. The van der Waals surface area contributed by atoms with Crippen molar-refractivity contribution in [2.45, 2.75) is 38.6 Å². The number of hydrogen-bond acceptors (Lipinski definition) is 2. The number of hydrogen-bond donors (Lipinski definition) is 0. The first-order chi connectivity index (χ1) is 11.0. The quantitative estimate of drug-likeness (QED) is 0.733. The van der Waals surface area contributed by atoms with Crippen LogP contribution in [-0.4, -0.2) is 18.7 Å². The van der Waals surface area contributed by atoms with Crippen LogP contribution < -0.4 is 9.64 Å². The van der Waals surface area contributed by atoms with E-state index in [0.717, 1.165) is 23.7 Å². The molecule has 0 spiro atoms. The van der Waals surface area contributed by atoms with Crippen molar-refractivity contribution in [2.75, 3.05) is 18.1 Å². The Morgan fingerprint density at radius 1 is 1.17 bits per heavy atom. The molecule has 0 aliphatic carbocycles. The Labute approximate surface area is 144 Å². The summed E-state index contributed by atoms with van der Waals surface area (Å²) >= 11 is 6.25. The highest BCUT2D eigenvalue weighted by molar-refractivity contribution is 6.30. The van der Waals surface area contributed by atoms with Crippen LogP contribution in [0.15, 0.2) is 48.5 Å². The molecule has 1 atom stereocenters. The van der Waals surface area contributed by atoms with Gasteiger partial charge >= 0.3 is 0 Å². The van der Waals surface area contributed by atoms with E-state index in [1.807, 2.05) is 36.4 Å². The number of fused-ring (bicyclic) bond motifs is 1. The van der Waals surface area contributed by atoms with Gasteiger partial charge in [-0.25, -0.2) is 0 Å². The van der Waals surface area contributed by atoms with Gasteiger partial charge in [0.25, 0.3) is 0 Å². The van der Waals surface area contributed by atoms with Crippen LogP contribution in [0.1, 0.15) is 38.7 Å². The highest BCUT2D eigenvalue weighted by Crippen LogP contribution is 2.43. The highest BCUT2D eigenvalue weighted by Gasteiger charge is 2.36. The van der Waals surface area contributed by atoms with Crippen molar-refractivity contribution in [1.82, 2.24) is 0 Å².